The molecule has 0 bridgehead atoms. The molecule has 31 heavy (non-hydrogen) atoms. The standard InChI is InChI=1S/C25H25FN2O2S/c1-4-13-25(21-9-11-22(26)12-10-21)14-15-28(24(29)30-25)18(3)19-5-7-20(8-6-19)23-27-16-17(2)31-23/h4-12,16,18H,1,13-15H2,2-3H3/t18-,25+/m0/s1. The normalized spacial score (nSPS) is 19.7. The van der Waals surface area contributed by atoms with Gasteiger partial charge in [0, 0.05) is 36.0 Å². The zero-order chi connectivity index (χ0) is 22.0. The lowest BCUT2D eigenvalue weighted by Gasteiger charge is -2.43. The Hall–Kier alpha value is -2.99. The average Bonchev–Trinajstić information content (AvgIpc) is 3.20. The van der Waals surface area contributed by atoms with E-state index >= 15 is 0 Å². The summed E-state index contributed by atoms with van der Waals surface area (Å²) >= 11 is 1.66. The highest BCUT2D eigenvalue weighted by Gasteiger charge is 2.42. The van der Waals surface area contributed by atoms with Crippen molar-refractivity contribution in [2.75, 3.05) is 6.54 Å². The van der Waals surface area contributed by atoms with E-state index in [0.29, 0.717) is 19.4 Å². The van der Waals surface area contributed by atoms with Gasteiger partial charge in [0.1, 0.15) is 16.4 Å². The van der Waals surface area contributed by atoms with Gasteiger partial charge in [-0.1, -0.05) is 42.5 Å². The van der Waals surface area contributed by atoms with Gasteiger partial charge in [-0.15, -0.1) is 17.9 Å². The molecule has 3 aromatic rings. The minimum Gasteiger partial charge on any atom is -0.437 e. The molecular formula is C25H25FN2O2S. The van der Waals surface area contributed by atoms with Crippen molar-refractivity contribution >= 4 is 17.4 Å². The van der Waals surface area contributed by atoms with Crippen LogP contribution in [0, 0.1) is 12.7 Å². The summed E-state index contributed by atoms with van der Waals surface area (Å²) in [6, 6.07) is 14.2. The van der Waals surface area contributed by atoms with E-state index in [1.165, 1.54) is 17.0 Å². The van der Waals surface area contributed by atoms with Gasteiger partial charge < -0.3 is 9.64 Å². The van der Waals surface area contributed by atoms with Gasteiger partial charge in [0.05, 0.1) is 6.04 Å². The second-order valence-electron chi connectivity index (χ2n) is 7.88. The summed E-state index contributed by atoms with van der Waals surface area (Å²) in [6.45, 7) is 8.40. The third-order valence-corrected chi connectivity index (χ3v) is 6.81. The Balaban J connectivity index is 1.51. The Bertz CT molecular complexity index is 1080. The highest BCUT2D eigenvalue weighted by atomic mass is 32.1. The number of ether oxygens (including phenoxy) is 1. The molecule has 2 heterocycles. The lowest BCUT2D eigenvalue weighted by atomic mass is 9.85. The molecule has 1 aliphatic heterocycles. The second kappa shape index (κ2) is 8.63. The van der Waals surface area contributed by atoms with Gasteiger partial charge in [0.25, 0.3) is 0 Å². The van der Waals surface area contributed by atoms with E-state index in [1.54, 1.807) is 34.4 Å². The van der Waals surface area contributed by atoms with Crippen molar-refractivity contribution in [3.05, 3.63) is 89.2 Å². The first-order valence-corrected chi connectivity index (χ1v) is 11.1. The van der Waals surface area contributed by atoms with Crippen LogP contribution in [0.15, 0.2) is 67.4 Å². The molecule has 4 rings (SSSR count). The van der Waals surface area contributed by atoms with Crippen LogP contribution < -0.4 is 0 Å². The van der Waals surface area contributed by atoms with Crippen molar-refractivity contribution < 1.29 is 13.9 Å². The van der Waals surface area contributed by atoms with E-state index in [0.717, 1.165) is 21.7 Å². The molecule has 0 aliphatic carbocycles. The SMILES string of the molecule is C=CC[C@]1(c2ccc(F)cc2)CCN([C@@H](C)c2ccc(-c3ncc(C)s3)cc2)C(=O)O1. The maximum Gasteiger partial charge on any atom is 0.411 e. The fourth-order valence-corrected chi connectivity index (χ4v) is 4.81. The molecule has 160 valence electrons. The molecule has 6 heteroatoms. The van der Waals surface area contributed by atoms with Crippen LogP contribution in [0.3, 0.4) is 0 Å². The number of thiazole rings is 1. The fourth-order valence-electron chi connectivity index (χ4n) is 4.04. The van der Waals surface area contributed by atoms with Crippen molar-refractivity contribution in [1.29, 1.82) is 0 Å². The molecule has 0 spiro atoms. The van der Waals surface area contributed by atoms with Crippen LogP contribution >= 0.6 is 11.3 Å². The predicted molar refractivity (Wildman–Crippen MR) is 121 cm³/mol. The van der Waals surface area contributed by atoms with Gasteiger partial charge in [-0.25, -0.2) is 14.2 Å². The van der Waals surface area contributed by atoms with Crippen molar-refractivity contribution in [2.24, 2.45) is 0 Å². The van der Waals surface area contributed by atoms with E-state index in [1.807, 2.05) is 44.3 Å². The van der Waals surface area contributed by atoms with Crippen LogP contribution in [-0.2, 0) is 10.3 Å². The van der Waals surface area contributed by atoms with Crippen LogP contribution in [0.4, 0.5) is 9.18 Å². The summed E-state index contributed by atoms with van der Waals surface area (Å²) in [5.74, 6) is -0.314. The van der Waals surface area contributed by atoms with E-state index in [2.05, 4.69) is 11.6 Å². The molecule has 0 unspecified atom stereocenters. The number of carbonyl (C=O) groups is 1. The molecule has 1 amide bonds. The van der Waals surface area contributed by atoms with Crippen molar-refractivity contribution in [3.63, 3.8) is 0 Å². The number of benzene rings is 2. The third kappa shape index (κ3) is 4.26. The summed E-state index contributed by atoms with van der Waals surface area (Å²) in [5, 5.41) is 0.989. The molecule has 2 aromatic carbocycles. The number of nitrogens with zero attached hydrogens (tertiary/aromatic N) is 2. The first-order valence-electron chi connectivity index (χ1n) is 10.3. The number of amides is 1. The highest BCUT2D eigenvalue weighted by Crippen LogP contribution is 2.40. The number of hydrogen-bond donors (Lipinski definition) is 0. The summed E-state index contributed by atoms with van der Waals surface area (Å²) in [4.78, 5) is 20.4. The number of aromatic nitrogens is 1. The third-order valence-electron chi connectivity index (χ3n) is 5.85. The van der Waals surface area contributed by atoms with E-state index < -0.39 is 5.60 Å². The minimum atomic E-state index is -0.810. The van der Waals surface area contributed by atoms with Crippen LogP contribution in [0.25, 0.3) is 10.6 Å². The number of rotatable bonds is 6. The zero-order valence-electron chi connectivity index (χ0n) is 17.7. The van der Waals surface area contributed by atoms with Gasteiger partial charge >= 0.3 is 6.09 Å². The van der Waals surface area contributed by atoms with E-state index in [9.17, 15) is 9.18 Å². The van der Waals surface area contributed by atoms with Crippen molar-refractivity contribution in [1.82, 2.24) is 9.88 Å². The molecule has 2 atom stereocenters. The molecular weight excluding hydrogens is 411 g/mol. The first-order chi connectivity index (χ1) is 14.9. The Morgan fingerprint density at radius 3 is 2.55 bits per heavy atom. The number of halogens is 1. The van der Waals surface area contributed by atoms with Gasteiger partial charge in [0.15, 0.2) is 0 Å². The minimum absolute atomic E-state index is 0.130. The van der Waals surface area contributed by atoms with Gasteiger partial charge in [0.2, 0.25) is 0 Å². The number of hydrogen-bond acceptors (Lipinski definition) is 4. The predicted octanol–water partition coefficient (Wildman–Crippen LogP) is 6.63. The summed E-state index contributed by atoms with van der Waals surface area (Å²) in [6.07, 6.45) is 4.33. The van der Waals surface area contributed by atoms with Gasteiger partial charge in [-0.3, -0.25) is 0 Å². The fraction of sp³-hybridized carbons (Fsp3) is 0.280. The summed E-state index contributed by atoms with van der Waals surface area (Å²) in [7, 11) is 0. The Morgan fingerprint density at radius 2 is 1.97 bits per heavy atom. The monoisotopic (exact) mass is 436 g/mol. The zero-order valence-corrected chi connectivity index (χ0v) is 18.5. The summed E-state index contributed by atoms with van der Waals surface area (Å²) < 4.78 is 19.4. The lowest BCUT2D eigenvalue weighted by Crippen LogP contribution is -2.48. The maximum atomic E-state index is 13.4. The highest BCUT2D eigenvalue weighted by molar-refractivity contribution is 7.14. The van der Waals surface area contributed by atoms with Gasteiger partial charge in [-0.2, -0.15) is 0 Å². The Labute approximate surface area is 186 Å². The van der Waals surface area contributed by atoms with Crippen LogP contribution in [0.2, 0.25) is 0 Å². The smallest absolute Gasteiger partial charge is 0.411 e. The van der Waals surface area contributed by atoms with Crippen molar-refractivity contribution in [2.45, 2.75) is 38.3 Å². The van der Waals surface area contributed by atoms with E-state index in [-0.39, 0.29) is 18.0 Å². The Morgan fingerprint density at radius 1 is 1.26 bits per heavy atom. The van der Waals surface area contributed by atoms with E-state index in [4.69, 9.17) is 4.74 Å². The first kappa shape index (κ1) is 21.2. The molecule has 1 fully saturated rings. The largest absolute Gasteiger partial charge is 0.437 e. The average molecular weight is 437 g/mol. The van der Waals surface area contributed by atoms with Gasteiger partial charge in [-0.05, 0) is 37.1 Å². The topological polar surface area (TPSA) is 42.4 Å². The molecule has 1 aromatic heterocycles. The quantitative estimate of drug-likeness (QED) is 0.407. The molecule has 1 aliphatic rings. The second-order valence-corrected chi connectivity index (χ2v) is 9.11. The molecule has 4 nitrogen and oxygen atoms in total. The maximum absolute atomic E-state index is 13.4. The molecule has 0 radical (unpaired) electrons. The van der Waals surface area contributed by atoms with Crippen LogP contribution in [0.1, 0.15) is 41.8 Å². The van der Waals surface area contributed by atoms with Crippen molar-refractivity contribution in [3.8, 4) is 10.6 Å². The molecule has 0 N–H and O–H groups in total. The number of cyclic esters (lactones) is 1. The summed E-state index contributed by atoms with van der Waals surface area (Å²) in [5.41, 5.74) is 2.08. The lowest BCUT2D eigenvalue weighted by molar-refractivity contribution is -0.0588. The van der Waals surface area contributed by atoms with Crippen LogP contribution in [0.5, 0.6) is 0 Å². The number of carbonyl (C=O) groups excluding carboxylic acids is 1. The van der Waals surface area contributed by atoms with Crippen LogP contribution in [-0.4, -0.2) is 22.5 Å². The molecule has 0 saturated carbocycles. The number of aryl methyl sites for hydroxylation is 1. The Kier molecular flexibility index (Phi) is 5.92. The molecule has 1 saturated heterocycles.